The molecular formula is C17H17FN2O2S. The summed E-state index contributed by atoms with van der Waals surface area (Å²) in [7, 11) is 1.96. The van der Waals surface area contributed by atoms with Gasteiger partial charge in [0.2, 0.25) is 5.89 Å². The van der Waals surface area contributed by atoms with Crippen LogP contribution in [0.15, 0.2) is 52.5 Å². The number of oxazole rings is 1. The SMILES string of the molecule is CN(CCOc1ccccc1F)Cc1coc(-c2cccs2)n1. The van der Waals surface area contributed by atoms with E-state index in [0.29, 0.717) is 25.6 Å². The van der Waals surface area contributed by atoms with Crippen molar-refractivity contribution in [3.05, 3.63) is 59.6 Å². The number of thiophene rings is 1. The summed E-state index contributed by atoms with van der Waals surface area (Å²) in [5, 5.41) is 1.99. The maximum absolute atomic E-state index is 13.4. The first-order valence-electron chi connectivity index (χ1n) is 7.26. The number of ether oxygens (including phenoxy) is 1. The van der Waals surface area contributed by atoms with Crippen LogP contribution in [0, 0.1) is 5.82 Å². The summed E-state index contributed by atoms with van der Waals surface area (Å²) in [4.78, 5) is 7.54. The zero-order valence-corrected chi connectivity index (χ0v) is 13.6. The van der Waals surface area contributed by atoms with Gasteiger partial charge in [-0.05, 0) is 30.6 Å². The fraction of sp³-hybridized carbons (Fsp3) is 0.235. The minimum atomic E-state index is -0.341. The van der Waals surface area contributed by atoms with Gasteiger partial charge < -0.3 is 9.15 Å². The van der Waals surface area contributed by atoms with Gasteiger partial charge in [-0.2, -0.15) is 0 Å². The lowest BCUT2D eigenvalue weighted by molar-refractivity contribution is 0.225. The molecule has 23 heavy (non-hydrogen) atoms. The van der Waals surface area contributed by atoms with Crippen LogP contribution in [-0.4, -0.2) is 30.1 Å². The quantitative estimate of drug-likeness (QED) is 0.654. The Morgan fingerprint density at radius 3 is 2.91 bits per heavy atom. The van der Waals surface area contributed by atoms with Crippen LogP contribution in [0.3, 0.4) is 0 Å². The summed E-state index contributed by atoms with van der Waals surface area (Å²) >= 11 is 1.60. The molecule has 2 heterocycles. The van der Waals surface area contributed by atoms with Crippen molar-refractivity contribution in [1.82, 2.24) is 9.88 Å². The molecule has 120 valence electrons. The fourth-order valence-corrected chi connectivity index (χ4v) is 2.78. The number of benzene rings is 1. The summed E-state index contributed by atoms with van der Waals surface area (Å²) in [6.07, 6.45) is 1.67. The second kappa shape index (κ2) is 7.39. The number of halogens is 1. The van der Waals surface area contributed by atoms with E-state index in [2.05, 4.69) is 9.88 Å². The molecule has 0 amide bonds. The van der Waals surface area contributed by atoms with E-state index < -0.39 is 0 Å². The van der Waals surface area contributed by atoms with Gasteiger partial charge in [-0.1, -0.05) is 18.2 Å². The third kappa shape index (κ3) is 4.18. The normalized spacial score (nSPS) is 11.1. The van der Waals surface area contributed by atoms with Crippen molar-refractivity contribution in [1.29, 1.82) is 0 Å². The average Bonchev–Trinajstić information content (AvgIpc) is 3.20. The van der Waals surface area contributed by atoms with Gasteiger partial charge in [0, 0.05) is 13.1 Å². The summed E-state index contributed by atoms with van der Waals surface area (Å²) in [6.45, 7) is 1.72. The molecule has 4 nitrogen and oxygen atoms in total. The number of nitrogens with zero attached hydrogens (tertiary/aromatic N) is 2. The Morgan fingerprint density at radius 2 is 2.13 bits per heavy atom. The fourth-order valence-electron chi connectivity index (χ4n) is 2.12. The van der Waals surface area contributed by atoms with E-state index in [-0.39, 0.29) is 11.6 Å². The Morgan fingerprint density at radius 1 is 1.26 bits per heavy atom. The van der Waals surface area contributed by atoms with Crippen molar-refractivity contribution in [2.24, 2.45) is 0 Å². The van der Waals surface area contributed by atoms with Crippen molar-refractivity contribution < 1.29 is 13.5 Å². The maximum atomic E-state index is 13.4. The lowest BCUT2D eigenvalue weighted by Gasteiger charge is -2.15. The number of para-hydroxylation sites is 1. The first-order chi connectivity index (χ1) is 11.2. The van der Waals surface area contributed by atoms with Crippen LogP contribution in [0.25, 0.3) is 10.8 Å². The lowest BCUT2D eigenvalue weighted by atomic mass is 10.3. The molecule has 6 heteroatoms. The summed E-state index contributed by atoms with van der Waals surface area (Å²) in [6, 6.07) is 10.4. The van der Waals surface area contributed by atoms with Gasteiger partial charge in [-0.25, -0.2) is 9.37 Å². The molecular weight excluding hydrogens is 315 g/mol. The standard InChI is InChI=1S/C17H17FN2O2S/c1-20(8-9-21-15-6-3-2-5-14(15)18)11-13-12-22-17(19-13)16-7-4-10-23-16/h2-7,10,12H,8-9,11H2,1H3. The van der Waals surface area contributed by atoms with Crippen LogP contribution in [-0.2, 0) is 6.54 Å². The minimum Gasteiger partial charge on any atom is -0.489 e. The van der Waals surface area contributed by atoms with E-state index in [1.807, 2.05) is 24.6 Å². The Labute approximate surface area is 138 Å². The minimum absolute atomic E-state index is 0.280. The van der Waals surface area contributed by atoms with Gasteiger partial charge in [0.1, 0.15) is 12.9 Å². The molecule has 0 fully saturated rings. The molecule has 0 saturated carbocycles. The Kier molecular flexibility index (Phi) is 5.05. The van der Waals surface area contributed by atoms with Crippen molar-refractivity contribution in [3.8, 4) is 16.5 Å². The monoisotopic (exact) mass is 332 g/mol. The van der Waals surface area contributed by atoms with Crippen LogP contribution in [0.2, 0.25) is 0 Å². The number of aromatic nitrogens is 1. The molecule has 0 aliphatic heterocycles. The first kappa shape index (κ1) is 15.7. The van der Waals surface area contributed by atoms with Crippen LogP contribution >= 0.6 is 11.3 Å². The van der Waals surface area contributed by atoms with E-state index in [1.54, 1.807) is 35.8 Å². The average molecular weight is 332 g/mol. The molecule has 0 atom stereocenters. The van der Waals surface area contributed by atoms with E-state index in [0.717, 1.165) is 10.6 Å². The second-order valence-electron chi connectivity index (χ2n) is 5.14. The molecule has 0 aliphatic rings. The second-order valence-corrected chi connectivity index (χ2v) is 6.09. The molecule has 0 spiro atoms. The lowest BCUT2D eigenvalue weighted by Crippen LogP contribution is -2.24. The maximum Gasteiger partial charge on any atom is 0.236 e. The Hall–Kier alpha value is -2.18. The summed E-state index contributed by atoms with van der Waals surface area (Å²) in [5.41, 5.74) is 0.863. The van der Waals surface area contributed by atoms with Gasteiger partial charge in [-0.15, -0.1) is 11.3 Å². The Bertz CT molecular complexity index is 743. The molecule has 0 aliphatic carbocycles. The smallest absolute Gasteiger partial charge is 0.236 e. The third-order valence-corrected chi connectivity index (χ3v) is 4.14. The van der Waals surface area contributed by atoms with Crippen LogP contribution in [0.4, 0.5) is 4.39 Å². The highest BCUT2D eigenvalue weighted by molar-refractivity contribution is 7.13. The largest absolute Gasteiger partial charge is 0.489 e. The predicted octanol–water partition coefficient (Wildman–Crippen LogP) is 4.05. The van der Waals surface area contributed by atoms with Crippen molar-refractivity contribution >= 4 is 11.3 Å². The van der Waals surface area contributed by atoms with E-state index in [1.165, 1.54) is 6.07 Å². The number of rotatable bonds is 7. The van der Waals surface area contributed by atoms with E-state index >= 15 is 0 Å². The topological polar surface area (TPSA) is 38.5 Å². The zero-order chi connectivity index (χ0) is 16.1. The highest BCUT2D eigenvalue weighted by Gasteiger charge is 2.10. The highest BCUT2D eigenvalue weighted by Crippen LogP contribution is 2.23. The number of hydrogen-bond donors (Lipinski definition) is 0. The predicted molar refractivity (Wildman–Crippen MR) is 88.0 cm³/mol. The molecule has 0 unspecified atom stereocenters. The van der Waals surface area contributed by atoms with Crippen LogP contribution < -0.4 is 4.74 Å². The first-order valence-corrected chi connectivity index (χ1v) is 8.14. The van der Waals surface area contributed by atoms with Crippen molar-refractivity contribution in [3.63, 3.8) is 0 Å². The van der Waals surface area contributed by atoms with Gasteiger partial charge in [0.25, 0.3) is 0 Å². The summed E-state index contributed by atoms with van der Waals surface area (Å²) in [5.74, 6) is 0.584. The highest BCUT2D eigenvalue weighted by atomic mass is 32.1. The Balaban J connectivity index is 1.48. The van der Waals surface area contributed by atoms with Gasteiger partial charge in [0.05, 0.1) is 10.6 Å². The van der Waals surface area contributed by atoms with Gasteiger partial charge in [0.15, 0.2) is 11.6 Å². The van der Waals surface area contributed by atoms with Gasteiger partial charge >= 0.3 is 0 Å². The molecule has 1 aromatic carbocycles. The number of likely N-dealkylation sites (N-methyl/N-ethyl adjacent to an activating group) is 1. The van der Waals surface area contributed by atoms with Crippen LogP contribution in [0.1, 0.15) is 5.69 Å². The molecule has 0 saturated heterocycles. The molecule has 0 bridgehead atoms. The zero-order valence-electron chi connectivity index (χ0n) is 12.7. The molecule has 3 rings (SSSR count). The molecule has 0 N–H and O–H groups in total. The number of hydrogen-bond acceptors (Lipinski definition) is 5. The van der Waals surface area contributed by atoms with Gasteiger partial charge in [-0.3, -0.25) is 4.90 Å². The van der Waals surface area contributed by atoms with Crippen molar-refractivity contribution in [2.45, 2.75) is 6.54 Å². The van der Waals surface area contributed by atoms with Crippen LogP contribution in [0.5, 0.6) is 5.75 Å². The molecule has 3 aromatic rings. The van der Waals surface area contributed by atoms with E-state index in [4.69, 9.17) is 9.15 Å². The third-order valence-electron chi connectivity index (χ3n) is 3.28. The summed E-state index contributed by atoms with van der Waals surface area (Å²) < 4.78 is 24.4. The molecule has 2 aromatic heterocycles. The van der Waals surface area contributed by atoms with E-state index in [9.17, 15) is 4.39 Å². The van der Waals surface area contributed by atoms with Crippen molar-refractivity contribution in [2.75, 3.05) is 20.2 Å². The molecule has 0 radical (unpaired) electrons.